The van der Waals surface area contributed by atoms with Crippen molar-refractivity contribution in [3.63, 3.8) is 0 Å². The third kappa shape index (κ3) is 9.38. The third-order valence-corrected chi connectivity index (χ3v) is 9.66. The van der Waals surface area contributed by atoms with Crippen LogP contribution >= 0.6 is 23.2 Å². The molecular weight excluding hydrogens is 727 g/mol. The number of hydrogen-bond acceptors (Lipinski definition) is 6. The molecule has 2 aliphatic rings. The lowest BCUT2D eigenvalue weighted by molar-refractivity contribution is 0.292. The molecule has 0 saturated carbocycles. The van der Waals surface area contributed by atoms with Gasteiger partial charge in [0.15, 0.2) is 0 Å². The van der Waals surface area contributed by atoms with Crippen LogP contribution in [0.3, 0.4) is 0 Å². The molecule has 286 valence electrons. The first-order chi connectivity index (χ1) is 34.0. The van der Waals surface area contributed by atoms with Crippen molar-refractivity contribution in [1.29, 1.82) is 0 Å². The van der Waals surface area contributed by atoms with E-state index in [4.69, 9.17) is 47.9 Å². The van der Waals surface area contributed by atoms with Gasteiger partial charge in [0.1, 0.15) is 0 Å². The van der Waals surface area contributed by atoms with Crippen molar-refractivity contribution in [2.24, 2.45) is 0 Å². The van der Waals surface area contributed by atoms with Crippen LogP contribution in [-0.4, -0.2) is 69.0 Å². The molecule has 0 amide bonds. The lowest BCUT2D eigenvalue weighted by Crippen LogP contribution is -2.30. The maximum absolute atomic E-state index is 13.9. The number of fused-ring (bicyclic) bond motifs is 2. The van der Waals surface area contributed by atoms with Gasteiger partial charge in [0.05, 0.1) is 41.1 Å². The van der Waals surface area contributed by atoms with E-state index in [0.717, 1.165) is 44.0 Å². The second kappa shape index (κ2) is 18.1. The van der Waals surface area contributed by atoms with Crippen molar-refractivity contribution < 1.29 is 26.0 Å². The molecule has 2 unspecified atom stereocenters. The zero-order valence-corrected chi connectivity index (χ0v) is 31.5. The molecule has 0 aliphatic carbocycles. The van der Waals surface area contributed by atoms with Crippen LogP contribution in [0.4, 0.5) is 0 Å². The van der Waals surface area contributed by atoms with Gasteiger partial charge in [-0.3, -0.25) is 9.59 Å². The van der Waals surface area contributed by atoms with E-state index in [0.29, 0.717) is 24.1 Å². The Bertz CT molecular complexity index is 3260. The Hall–Kier alpha value is -4.34. The number of likely N-dealkylation sites (tertiary alicyclic amines) is 2. The fourth-order valence-corrected chi connectivity index (χ4v) is 6.55. The van der Waals surface area contributed by atoms with E-state index in [-0.39, 0.29) is 55.6 Å². The molecule has 0 radical (unpaired) electrons. The van der Waals surface area contributed by atoms with E-state index >= 15 is 0 Å². The van der Waals surface area contributed by atoms with Gasteiger partial charge in [0.2, 0.25) is 0 Å². The lowest BCUT2D eigenvalue weighted by atomic mass is 10.0. The topological polar surface area (TPSA) is 76.3 Å². The smallest absolute Gasteiger partial charge is 0.274 e. The number of hydrogen-bond donors (Lipinski definition) is 0. The largest absolute Gasteiger partial charge is 0.306 e. The molecule has 2 saturated heterocycles. The Morgan fingerprint density at radius 3 is 2.16 bits per heavy atom. The van der Waals surface area contributed by atoms with Crippen LogP contribution in [-0.2, 0) is 12.8 Å². The molecule has 2 atom stereocenters. The number of halogens is 2. The van der Waals surface area contributed by atoms with Gasteiger partial charge in [0, 0.05) is 59.3 Å². The lowest BCUT2D eigenvalue weighted by Gasteiger charge is -2.20. The summed E-state index contributed by atoms with van der Waals surface area (Å²) in [5.41, 5.74) is -1.21. The van der Waals surface area contributed by atoms with E-state index in [9.17, 15) is 11.0 Å². The minimum Gasteiger partial charge on any atom is -0.306 e. The first-order valence-electron chi connectivity index (χ1n) is 27.1. The van der Waals surface area contributed by atoms with E-state index in [1.807, 2.05) is 12.1 Å². The molecule has 6 aromatic rings. The minimum atomic E-state index is -4.18. The summed E-state index contributed by atoms with van der Waals surface area (Å²) >= 11 is 11.9. The van der Waals surface area contributed by atoms with Crippen molar-refractivity contribution >= 4 is 44.7 Å². The number of aromatic nitrogens is 4. The molecule has 8 rings (SSSR count). The van der Waals surface area contributed by atoms with Gasteiger partial charge in [0.25, 0.3) is 11.1 Å². The summed E-state index contributed by atoms with van der Waals surface area (Å²) in [5.74, 6) is 0. The highest BCUT2D eigenvalue weighted by molar-refractivity contribution is 6.30. The van der Waals surface area contributed by atoms with E-state index in [1.54, 1.807) is 12.1 Å². The van der Waals surface area contributed by atoms with Gasteiger partial charge in [-0.05, 0) is 119 Å². The molecule has 0 bridgehead atoms. The summed E-state index contributed by atoms with van der Waals surface area (Å²) in [6, 6.07) is 12.3. The average Bonchev–Trinajstić information content (AvgIpc) is 3.54. The molecule has 2 aliphatic heterocycles. The Balaban J connectivity index is 0.000000227. The molecular formula is C45H50Cl2N6O2. The Morgan fingerprint density at radius 2 is 1.44 bits per heavy atom. The molecule has 55 heavy (non-hydrogen) atoms. The summed E-state index contributed by atoms with van der Waals surface area (Å²) in [6.45, 7) is -8.74. The Kier molecular flexibility index (Phi) is 7.17. The molecule has 2 fully saturated rings. The van der Waals surface area contributed by atoms with Gasteiger partial charge in [-0.15, -0.1) is 0 Å². The van der Waals surface area contributed by atoms with Gasteiger partial charge in [-0.2, -0.15) is 10.2 Å². The summed E-state index contributed by atoms with van der Waals surface area (Å²) in [7, 11) is 2.06. The zero-order chi connectivity index (χ0) is 55.3. The highest BCUT2D eigenvalue weighted by Crippen LogP contribution is 2.26. The van der Waals surface area contributed by atoms with Crippen LogP contribution in [0.1, 0.15) is 106 Å². The quantitative estimate of drug-likeness (QED) is 0.161. The van der Waals surface area contributed by atoms with Crippen molar-refractivity contribution in [1.82, 2.24) is 29.4 Å². The number of rotatable bonds is 7. The summed E-state index contributed by atoms with van der Waals surface area (Å²) < 4.78 is 164. The Labute approximate surface area is 360 Å². The van der Waals surface area contributed by atoms with Crippen molar-refractivity contribution in [2.45, 2.75) is 70.2 Å². The van der Waals surface area contributed by atoms with Gasteiger partial charge in [-0.1, -0.05) is 90.7 Å². The number of nitrogens with zero attached hydrogens (tertiary/aromatic N) is 6. The zero-order valence-electron chi connectivity index (χ0n) is 49.0. The SMILES string of the molecule is [2H]C([2H])(c1ccc(Cl)cc1)c1nn(C2([2H])C([2H])([2H])C([2H])([2H])N(C([2H])([2H])C)C([2H])([2H])C([2H])([2H])C2([2H])[2H])c(=O)c2ccccc12.[2H]c1c([2H])c([2H])c2c(=O)n(C3CCCN(C)CC3)nc(Cc3ccc(Cl)cc3)c2c1[2H]. The van der Waals surface area contributed by atoms with Crippen molar-refractivity contribution in [2.75, 3.05) is 39.6 Å². The van der Waals surface area contributed by atoms with Gasteiger partial charge in [-0.25, -0.2) is 9.36 Å². The summed E-state index contributed by atoms with van der Waals surface area (Å²) in [4.78, 5) is 29.1. The highest BCUT2D eigenvalue weighted by atomic mass is 35.5. The second-order valence-corrected chi connectivity index (χ2v) is 13.8. The maximum atomic E-state index is 13.9. The van der Waals surface area contributed by atoms with Crippen LogP contribution < -0.4 is 11.1 Å². The van der Waals surface area contributed by atoms with Crippen LogP contribution in [0.25, 0.3) is 21.5 Å². The summed E-state index contributed by atoms with van der Waals surface area (Å²) in [6.07, 6.45) is -12.2. The second-order valence-electron chi connectivity index (χ2n) is 12.9. The first kappa shape index (κ1) is 21.8. The van der Waals surface area contributed by atoms with Crippen molar-refractivity contribution in [3.05, 3.63) is 150 Å². The molecule has 4 aromatic carbocycles. The summed E-state index contributed by atoms with van der Waals surface area (Å²) in [5, 5.41) is 9.16. The monoisotopic (exact) mass is 795 g/mol. The predicted octanol–water partition coefficient (Wildman–Crippen LogP) is 8.99. The van der Waals surface area contributed by atoms with Gasteiger partial charge >= 0.3 is 0 Å². The van der Waals surface area contributed by atoms with Crippen LogP contribution in [0.5, 0.6) is 0 Å². The number of benzene rings is 4. The normalized spacial score (nSPS) is 29.9. The van der Waals surface area contributed by atoms with E-state index in [1.165, 1.54) is 47.1 Å². The van der Waals surface area contributed by atoms with Crippen LogP contribution in [0, 0.1) is 0 Å². The van der Waals surface area contributed by atoms with E-state index < -0.39 is 84.1 Å². The molecule has 10 heteroatoms. The predicted molar refractivity (Wildman–Crippen MR) is 226 cm³/mol. The van der Waals surface area contributed by atoms with Gasteiger partial charge < -0.3 is 9.80 Å². The Morgan fingerprint density at radius 1 is 0.782 bits per heavy atom. The maximum Gasteiger partial charge on any atom is 0.274 e. The molecule has 0 N–H and O–H groups in total. The molecule has 0 spiro atoms. The molecule has 8 nitrogen and oxygen atoms in total. The average molecular weight is 797 g/mol. The molecule has 2 aromatic heterocycles. The van der Waals surface area contributed by atoms with Crippen LogP contribution in [0.15, 0.2) is 107 Å². The highest BCUT2D eigenvalue weighted by Gasteiger charge is 2.23. The van der Waals surface area contributed by atoms with Crippen molar-refractivity contribution in [3.8, 4) is 0 Å². The van der Waals surface area contributed by atoms with E-state index in [2.05, 4.69) is 22.1 Å². The minimum absolute atomic E-state index is 0.0163. The fraction of sp³-hybridized carbons (Fsp3) is 0.378. The first-order valence-corrected chi connectivity index (χ1v) is 18.3. The molecule has 4 heterocycles. The van der Waals surface area contributed by atoms with Crippen LogP contribution in [0.2, 0.25) is 10.0 Å². The fourth-order valence-electron chi connectivity index (χ4n) is 6.30. The standard InChI is InChI=1S/C23H26ClN3O.C22H24ClN3O/c1-2-26-14-5-6-19(13-15-26)27-23(28)21-8-4-3-7-20(21)22(25-27)16-17-9-11-18(24)12-10-17;1-25-13-4-5-18(12-14-25)26-22(27)20-7-3-2-6-19(20)21(24-26)15-16-8-10-17(23)11-9-16/h3-4,7-12,19H,2,5-6,13-16H2,1H3;2-3,6-11,18H,4-5,12-15H2,1H3/i2D2,5D2,6D2,13D2,14D2,15D2,16D2,19D;2D,3D,6D,7D. The third-order valence-electron chi connectivity index (χ3n) is 9.16.